The highest BCUT2D eigenvalue weighted by atomic mass is 35.5. The van der Waals surface area contributed by atoms with Crippen LogP contribution in [0.15, 0.2) is 52.3 Å². The molecule has 2 aromatic rings. The van der Waals surface area contributed by atoms with Gasteiger partial charge in [-0.15, -0.1) is 0 Å². The zero-order chi connectivity index (χ0) is 13.0. The van der Waals surface area contributed by atoms with E-state index in [2.05, 4.69) is 0 Å². The van der Waals surface area contributed by atoms with E-state index in [9.17, 15) is 0 Å². The molecule has 0 aliphatic heterocycles. The molecule has 1 nitrogen and oxygen atoms in total. The molecule has 2 aromatic carbocycles. The zero-order valence-electron chi connectivity index (χ0n) is 9.70. The van der Waals surface area contributed by atoms with Gasteiger partial charge in [0.05, 0.1) is 5.02 Å². The van der Waals surface area contributed by atoms with Crippen molar-refractivity contribution in [1.82, 2.24) is 0 Å². The Morgan fingerprint density at radius 1 is 1.00 bits per heavy atom. The Hall–Kier alpha value is -0.670. The Labute approximate surface area is 121 Å². The molecular formula is C14H13Cl2NS. The van der Waals surface area contributed by atoms with Crippen molar-refractivity contribution >= 4 is 35.0 Å². The Balaban J connectivity index is 2.20. The van der Waals surface area contributed by atoms with E-state index >= 15 is 0 Å². The number of rotatable bonds is 4. The third-order valence-corrected chi connectivity index (χ3v) is 4.36. The van der Waals surface area contributed by atoms with Gasteiger partial charge in [0.2, 0.25) is 0 Å². The summed E-state index contributed by atoms with van der Waals surface area (Å²) < 4.78 is 0. The highest BCUT2D eigenvalue weighted by Gasteiger charge is 2.05. The molecule has 0 bridgehead atoms. The molecule has 18 heavy (non-hydrogen) atoms. The maximum Gasteiger partial charge on any atom is 0.0545 e. The normalized spacial score (nSPS) is 10.6. The van der Waals surface area contributed by atoms with Crippen LogP contribution in [0.2, 0.25) is 10.0 Å². The molecule has 0 atom stereocenters. The lowest BCUT2D eigenvalue weighted by molar-refractivity contribution is 0.967. The Morgan fingerprint density at radius 2 is 1.78 bits per heavy atom. The monoisotopic (exact) mass is 297 g/mol. The summed E-state index contributed by atoms with van der Waals surface area (Å²) >= 11 is 13.9. The molecule has 0 heterocycles. The second-order valence-corrected chi connectivity index (χ2v) is 5.75. The van der Waals surface area contributed by atoms with E-state index in [1.807, 2.05) is 42.5 Å². The second kappa shape index (κ2) is 6.48. The average Bonchev–Trinajstić information content (AvgIpc) is 2.36. The maximum absolute atomic E-state index is 6.21. The molecule has 0 saturated carbocycles. The van der Waals surface area contributed by atoms with Gasteiger partial charge < -0.3 is 5.73 Å². The molecular weight excluding hydrogens is 285 g/mol. The van der Waals surface area contributed by atoms with Crippen molar-refractivity contribution in [3.8, 4) is 0 Å². The molecule has 0 amide bonds. The molecule has 0 saturated heterocycles. The summed E-state index contributed by atoms with van der Waals surface area (Å²) in [5.41, 5.74) is 6.62. The van der Waals surface area contributed by atoms with Crippen LogP contribution in [0.5, 0.6) is 0 Å². The van der Waals surface area contributed by atoms with Crippen LogP contribution in [0.1, 0.15) is 5.56 Å². The number of nitrogens with two attached hydrogens (primary N) is 1. The Morgan fingerprint density at radius 3 is 2.44 bits per heavy atom. The van der Waals surface area contributed by atoms with E-state index < -0.39 is 0 Å². The maximum atomic E-state index is 6.21. The lowest BCUT2D eigenvalue weighted by Gasteiger charge is -2.07. The molecule has 0 aromatic heterocycles. The SMILES string of the molecule is NCCc1ccc(Sc2ccccc2Cl)cc1Cl. The minimum atomic E-state index is 0.608. The van der Waals surface area contributed by atoms with Crippen LogP contribution < -0.4 is 5.73 Å². The predicted molar refractivity (Wildman–Crippen MR) is 79.8 cm³/mol. The van der Waals surface area contributed by atoms with Crippen molar-refractivity contribution in [3.63, 3.8) is 0 Å². The summed E-state index contributed by atoms with van der Waals surface area (Å²) in [6.07, 6.45) is 0.801. The quantitative estimate of drug-likeness (QED) is 0.889. The molecule has 0 fully saturated rings. The van der Waals surface area contributed by atoms with Crippen LogP contribution in [0.3, 0.4) is 0 Å². The van der Waals surface area contributed by atoms with Crippen molar-refractivity contribution in [2.24, 2.45) is 5.73 Å². The van der Waals surface area contributed by atoms with Gasteiger partial charge in [-0.1, -0.05) is 53.2 Å². The molecule has 2 rings (SSSR count). The molecule has 0 aliphatic rings. The Kier molecular flexibility index (Phi) is 4.95. The first-order valence-electron chi connectivity index (χ1n) is 5.61. The fourth-order valence-corrected chi connectivity index (χ4v) is 3.07. The molecule has 0 spiro atoms. The standard InChI is InChI=1S/C14H13Cl2NS/c15-12-3-1-2-4-14(12)18-11-6-5-10(7-8-17)13(16)9-11/h1-6,9H,7-8,17H2. The van der Waals surface area contributed by atoms with E-state index in [0.29, 0.717) is 6.54 Å². The summed E-state index contributed by atoms with van der Waals surface area (Å²) in [5, 5.41) is 1.52. The molecule has 0 radical (unpaired) electrons. The molecule has 4 heteroatoms. The molecule has 2 N–H and O–H groups in total. The largest absolute Gasteiger partial charge is 0.330 e. The Bertz CT molecular complexity index is 543. The van der Waals surface area contributed by atoms with E-state index in [1.54, 1.807) is 11.8 Å². The van der Waals surface area contributed by atoms with Crippen LogP contribution in [-0.4, -0.2) is 6.54 Å². The van der Waals surface area contributed by atoms with Gasteiger partial charge >= 0.3 is 0 Å². The first kappa shape index (κ1) is 13.8. The minimum absolute atomic E-state index is 0.608. The summed E-state index contributed by atoms with van der Waals surface area (Å²) in [6.45, 7) is 0.608. The number of hydrogen-bond acceptors (Lipinski definition) is 2. The fraction of sp³-hybridized carbons (Fsp3) is 0.143. The van der Waals surface area contributed by atoms with Crippen molar-refractivity contribution in [2.45, 2.75) is 16.2 Å². The van der Waals surface area contributed by atoms with E-state index in [0.717, 1.165) is 31.8 Å². The lowest BCUT2D eigenvalue weighted by Crippen LogP contribution is -2.02. The van der Waals surface area contributed by atoms with Crippen molar-refractivity contribution in [1.29, 1.82) is 0 Å². The van der Waals surface area contributed by atoms with Gasteiger partial charge in [-0.3, -0.25) is 0 Å². The van der Waals surface area contributed by atoms with Gasteiger partial charge in [0.15, 0.2) is 0 Å². The van der Waals surface area contributed by atoms with Gasteiger partial charge in [0, 0.05) is 14.8 Å². The van der Waals surface area contributed by atoms with E-state index in [4.69, 9.17) is 28.9 Å². The number of halogens is 2. The summed E-state index contributed by atoms with van der Waals surface area (Å²) in [6, 6.07) is 13.8. The van der Waals surface area contributed by atoms with Gasteiger partial charge in [-0.25, -0.2) is 0 Å². The fourth-order valence-electron chi connectivity index (χ4n) is 1.60. The number of benzene rings is 2. The highest BCUT2D eigenvalue weighted by molar-refractivity contribution is 7.99. The summed E-state index contributed by atoms with van der Waals surface area (Å²) in [5.74, 6) is 0. The average molecular weight is 298 g/mol. The van der Waals surface area contributed by atoms with E-state index in [1.165, 1.54) is 0 Å². The number of hydrogen-bond donors (Lipinski definition) is 1. The van der Waals surface area contributed by atoms with Crippen LogP contribution in [0.25, 0.3) is 0 Å². The van der Waals surface area contributed by atoms with Crippen molar-refractivity contribution in [3.05, 3.63) is 58.1 Å². The lowest BCUT2D eigenvalue weighted by atomic mass is 10.1. The summed E-state index contributed by atoms with van der Waals surface area (Å²) in [4.78, 5) is 2.11. The highest BCUT2D eigenvalue weighted by Crippen LogP contribution is 2.34. The predicted octanol–water partition coefficient (Wildman–Crippen LogP) is 4.65. The first-order chi connectivity index (χ1) is 8.70. The first-order valence-corrected chi connectivity index (χ1v) is 7.19. The van der Waals surface area contributed by atoms with Gasteiger partial charge in [0.1, 0.15) is 0 Å². The minimum Gasteiger partial charge on any atom is -0.330 e. The van der Waals surface area contributed by atoms with Gasteiger partial charge in [-0.05, 0) is 42.8 Å². The van der Waals surface area contributed by atoms with Crippen molar-refractivity contribution < 1.29 is 0 Å². The van der Waals surface area contributed by atoms with Crippen molar-refractivity contribution in [2.75, 3.05) is 6.54 Å². The third kappa shape index (κ3) is 3.42. The second-order valence-electron chi connectivity index (χ2n) is 3.82. The van der Waals surface area contributed by atoms with Crippen LogP contribution in [0, 0.1) is 0 Å². The zero-order valence-corrected chi connectivity index (χ0v) is 12.0. The summed E-state index contributed by atoms with van der Waals surface area (Å²) in [7, 11) is 0. The van der Waals surface area contributed by atoms with Gasteiger partial charge in [0.25, 0.3) is 0 Å². The smallest absolute Gasteiger partial charge is 0.0545 e. The van der Waals surface area contributed by atoms with Crippen LogP contribution in [-0.2, 0) is 6.42 Å². The molecule has 0 unspecified atom stereocenters. The topological polar surface area (TPSA) is 26.0 Å². The molecule has 94 valence electrons. The molecule has 0 aliphatic carbocycles. The van der Waals surface area contributed by atoms with Crippen LogP contribution >= 0.6 is 35.0 Å². The van der Waals surface area contributed by atoms with Gasteiger partial charge in [-0.2, -0.15) is 0 Å². The van der Waals surface area contributed by atoms with Crippen LogP contribution in [0.4, 0.5) is 0 Å². The van der Waals surface area contributed by atoms with E-state index in [-0.39, 0.29) is 0 Å². The third-order valence-electron chi connectivity index (χ3n) is 2.50.